The fourth-order valence-electron chi connectivity index (χ4n) is 2.79. The SMILES string of the molecule is Cc1ccc(NC(=O)COc2ccc(Br)cc2/C=C(\C#N)C(=O)Nc2ccc(O)cc2)cc1. The minimum absolute atomic E-state index is 0.0615. The number of anilines is 2. The van der Waals surface area contributed by atoms with Gasteiger partial charge in [-0.15, -0.1) is 0 Å². The second-order valence-electron chi connectivity index (χ2n) is 7.06. The molecule has 0 bridgehead atoms. The van der Waals surface area contributed by atoms with E-state index in [0.717, 1.165) is 5.56 Å². The number of benzene rings is 3. The summed E-state index contributed by atoms with van der Waals surface area (Å²) >= 11 is 3.36. The highest BCUT2D eigenvalue weighted by atomic mass is 79.9. The van der Waals surface area contributed by atoms with E-state index in [0.29, 0.717) is 27.2 Å². The van der Waals surface area contributed by atoms with Gasteiger partial charge in [0.1, 0.15) is 23.1 Å². The molecular weight excluding hydrogens is 486 g/mol. The number of nitrogens with zero attached hydrogens (tertiary/aromatic N) is 1. The van der Waals surface area contributed by atoms with Crippen LogP contribution in [0.25, 0.3) is 6.08 Å². The van der Waals surface area contributed by atoms with Crippen LogP contribution >= 0.6 is 15.9 Å². The van der Waals surface area contributed by atoms with Crippen LogP contribution in [0.15, 0.2) is 76.8 Å². The Kier molecular flexibility index (Phi) is 7.84. The van der Waals surface area contributed by atoms with Gasteiger partial charge in [0.25, 0.3) is 11.8 Å². The van der Waals surface area contributed by atoms with Crippen LogP contribution in [0.3, 0.4) is 0 Å². The first-order valence-corrected chi connectivity index (χ1v) is 10.6. The fraction of sp³-hybridized carbons (Fsp3) is 0.0800. The average molecular weight is 506 g/mol. The lowest BCUT2D eigenvalue weighted by Crippen LogP contribution is -2.20. The average Bonchev–Trinajstić information content (AvgIpc) is 2.79. The van der Waals surface area contributed by atoms with E-state index in [1.807, 2.05) is 25.1 Å². The first kappa shape index (κ1) is 23.6. The molecule has 3 aromatic carbocycles. The van der Waals surface area contributed by atoms with Gasteiger partial charge in [-0.2, -0.15) is 5.26 Å². The van der Waals surface area contributed by atoms with Crippen LogP contribution in [-0.2, 0) is 9.59 Å². The molecule has 3 aromatic rings. The van der Waals surface area contributed by atoms with E-state index in [1.165, 1.54) is 30.3 Å². The minimum atomic E-state index is -0.619. The first-order chi connectivity index (χ1) is 15.8. The van der Waals surface area contributed by atoms with Crippen molar-refractivity contribution in [3.8, 4) is 17.6 Å². The zero-order valence-electron chi connectivity index (χ0n) is 17.6. The lowest BCUT2D eigenvalue weighted by molar-refractivity contribution is -0.118. The molecule has 0 heterocycles. The number of ether oxygens (including phenoxy) is 1. The van der Waals surface area contributed by atoms with Gasteiger partial charge in [-0.1, -0.05) is 33.6 Å². The van der Waals surface area contributed by atoms with Crippen LogP contribution in [0.1, 0.15) is 11.1 Å². The zero-order chi connectivity index (χ0) is 23.8. The highest BCUT2D eigenvalue weighted by molar-refractivity contribution is 9.10. The van der Waals surface area contributed by atoms with E-state index in [2.05, 4.69) is 26.6 Å². The van der Waals surface area contributed by atoms with Gasteiger partial charge < -0.3 is 20.5 Å². The Balaban J connectivity index is 1.73. The maximum Gasteiger partial charge on any atom is 0.266 e. The molecule has 0 unspecified atom stereocenters. The molecule has 0 fully saturated rings. The molecule has 8 heteroatoms. The molecule has 0 atom stereocenters. The molecule has 2 amide bonds. The third-order valence-corrected chi connectivity index (χ3v) is 4.95. The zero-order valence-corrected chi connectivity index (χ0v) is 19.2. The molecule has 0 saturated heterocycles. The third kappa shape index (κ3) is 6.95. The number of hydrogen-bond donors (Lipinski definition) is 3. The topological polar surface area (TPSA) is 111 Å². The number of nitrogens with one attached hydrogen (secondary N) is 2. The largest absolute Gasteiger partial charge is 0.508 e. The van der Waals surface area contributed by atoms with Gasteiger partial charge in [0, 0.05) is 21.4 Å². The van der Waals surface area contributed by atoms with E-state index < -0.39 is 5.91 Å². The second-order valence-corrected chi connectivity index (χ2v) is 7.97. The summed E-state index contributed by atoms with van der Waals surface area (Å²) in [5.41, 5.74) is 2.46. The predicted molar refractivity (Wildman–Crippen MR) is 130 cm³/mol. The maximum atomic E-state index is 12.5. The van der Waals surface area contributed by atoms with Crippen molar-refractivity contribution in [1.29, 1.82) is 5.26 Å². The predicted octanol–water partition coefficient (Wildman–Crippen LogP) is 5.03. The van der Waals surface area contributed by atoms with Crippen LogP contribution in [0.5, 0.6) is 11.5 Å². The number of rotatable bonds is 7. The molecule has 33 heavy (non-hydrogen) atoms. The second kappa shape index (κ2) is 11.0. The van der Waals surface area contributed by atoms with Crippen molar-refractivity contribution in [1.82, 2.24) is 0 Å². The van der Waals surface area contributed by atoms with Gasteiger partial charge in [0.15, 0.2) is 6.61 Å². The Labute approximate surface area is 199 Å². The smallest absolute Gasteiger partial charge is 0.266 e. The van der Waals surface area contributed by atoms with Crippen LogP contribution in [0.4, 0.5) is 11.4 Å². The summed E-state index contributed by atoms with van der Waals surface area (Å²) < 4.78 is 6.37. The molecule has 0 radical (unpaired) electrons. The number of aromatic hydroxyl groups is 1. The maximum absolute atomic E-state index is 12.5. The number of halogens is 1. The van der Waals surface area contributed by atoms with Crippen LogP contribution in [0, 0.1) is 18.3 Å². The molecule has 0 aliphatic rings. The van der Waals surface area contributed by atoms with Crippen LogP contribution < -0.4 is 15.4 Å². The molecule has 7 nitrogen and oxygen atoms in total. The Morgan fingerprint density at radius 3 is 2.33 bits per heavy atom. The Morgan fingerprint density at radius 1 is 1.03 bits per heavy atom. The van der Waals surface area contributed by atoms with Gasteiger partial charge in [0.05, 0.1) is 0 Å². The highest BCUT2D eigenvalue weighted by Gasteiger charge is 2.13. The quantitative estimate of drug-likeness (QED) is 0.237. The highest BCUT2D eigenvalue weighted by Crippen LogP contribution is 2.26. The Bertz CT molecular complexity index is 1230. The normalized spacial score (nSPS) is 10.8. The van der Waals surface area contributed by atoms with Gasteiger partial charge >= 0.3 is 0 Å². The molecule has 166 valence electrons. The minimum Gasteiger partial charge on any atom is -0.508 e. The Hall–Kier alpha value is -4.09. The Morgan fingerprint density at radius 2 is 1.67 bits per heavy atom. The number of amides is 2. The summed E-state index contributed by atoms with van der Waals surface area (Å²) in [6.07, 6.45) is 1.38. The van der Waals surface area contributed by atoms with Crippen LogP contribution in [-0.4, -0.2) is 23.5 Å². The van der Waals surface area contributed by atoms with Crippen molar-refractivity contribution >= 4 is 45.2 Å². The third-order valence-electron chi connectivity index (χ3n) is 4.46. The number of carbonyl (C=O) groups is 2. The summed E-state index contributed by atoms with van der Waals surface area (Å²) in [7, 11) is 0. The van der Waals surface area contributed by atoms with E-state index in [-0.39, 0.29) is 23.8 Å². The summed E-state index contributed by atoms with van der Waals surface area (Å²) in [4.78, 5) is 24.8. The van der Waals surface area contributed by atoms with Crippen molar-refractivity contribution in [2.75, 3.05) is 17.2 Å². The fourth-order valence-corrected chi connectivity index (χ4v) is 3.17. The van der Waals surface area contributed by atoms with Crippen molar-refractivity contribution in [3.63, 3.8) is 0 Å². The van der Waals surface area contributed by atoms with Crippen molar-refractivity contribution in [2.24, 2.45) is 0 Å². The summed E-state index contributed by atoms with van der Waals surface area (Å²) in [5.74, 6) is -0.567. The van der Waals surface area contributed by atoms with Gasteiger partial charge in [0.2, 0.25) is 0 Å². The number of hydrogen-bond acceptors (Lipinski definition) is 5. The molecule has 0 aromatic heterocycles. The molecule has 3 N–H and O–H groups in total. The monoisotopic (exact) mass is 505 g/mol. The number of phenols is 1. The standard InChI is InChI=1S/C25H20BrN3O4/c1-16-2-5-20(6-3-16)28-24(31)15-33-23-11-4-19(26)13-17(23)12-18(14-27)25(32)29-21-7-9-22(30)10-8-21/h2-13,30H,15H2,1H3,(H,28,31)(H,29,32)/b18-12+. The van der Waals surface area contributed by atoms with E-state index in [4.69, 9.17) is 4.74 Å². The molecule has 3 rings (SSSR count). The molecule has 0 aliphatic heterocycles. The number of carbonyl (C=O) groups excluding carboxylic acids is 2. The lowest BCUT2D eigenvalue weighted by atomic mass is 10.1. The number of phenolic OH excluding ortho intramolecular Hbond substituents is 1. The van der Waals surface area contributed by atoms with Gasteiger partial charge in [-0.25, -0.2) is 0 Å². The number of nitriles is 1. The van der Waals surface area contributed by atoms with E-state index in [1.54, 1.807) is 30.3 Å². The molecule has 0 spiro atoms. The number of aryl methyl sites for hydroxylation is 1. The molecule has 0 saturated carbocycles. The van der Waals surface area contributed by atoms with E-state index >= 15 is 0 Å². The van der Waals surface area contributed by atoms with Crippen molar-refractivity contribution < 1.29 is 19.4 Å². The summed E-state index contributed by atoms with van der Waals surface area (Å²) in [6, 6.07) is 20.2. The first-order valence-electron chi connectivity index (χ1n) is 9.85. The van der Waals surface area contributed by atoms with Gasteiger partial charge in [-0.3, -0.25) is 9.59 Å². The molecule has 0 aliphatic carbocycles. The summed E-state index contributed by atoms with van der Waals surface area (Å²) in [5, 5.41) is 24.2. The molecular formula is C25H20BrN3O4. The van der Waals surface area contributed by atoms with Crippen molar-refractivity contribution in [3.05, 3.63) is 87.9 Å². The van der Waals surface area contributed by atoms with Crippen LogP contribution in [0.2, 0.25) is 0 Å². The van der Waals surface area contributed by atoms with E-state index in [9.17, 15) is 20.0 Å². The van der Waals surface area contributed by atoms with Crippen molar-refractivity contribution in [2.45, 2.75) is 6.92 Å². The van der Waals surface area contributed by atoms with Gasteiger partial charge in [-0.05, 0) is 67.6 Å². The summed E-state index contributed by atoms with van der Waals surface area (Å²) in [6.45, 7) is 1.70. The lowest BCUT2D eigenvalue weighted by Gasteiger charge is -2.11.